The number of amides is 1. The lowest BCUT2D eigenvalue weighted by Gasteiger charge is -2.42. The summed E-state index contributed by atoms with van der Waals surface area (Å²) in [5.74, 6) is 0. The summed E-state index contributed by atoms with van der Waals surface area (Å²) >= 11 is 0. The first kappa shape index (κ1) is 15.8. The molecule has 0 saturated carbocycles. The topological polar surface area (TPSA) is 55.6 Å². The van der Waals surface area contributed by atoms with Crippen LogP contribution < -0.4 is 5.73 Å². The third kappa shape index (κ3) is 3.76. The lowest BCUT2D eigenvalue weighted by Crippen LogP contribution is -2.53. The van der Waals surface area contributed by atoms with Crippen molar-refractivity contribution in [1.82, 2.24) is 4.90 Å². The lowest BCUT2D eigenvalue weighted by atomic mass is 9.74. The Morgan fingerprint density at radius 1 is 1.33 bits per heavy atom. The van der Waals surface area contributed by atoms with Crippen LogP contribution in [0.25, 0.3) is 0 Å². The molecule has 0 aliphatic carbocycles. The van der Waals surface area contributed by atoms with Gasteiger partial charge in [0.2, 0.25) is 0 Å². The minimum atomic E-state index is -0.466. The summed E-state index contributed by atoms with van der Waals surface area (Å²) in [5.41, 5.74) is 6.67. The quantitative estimate of drug-likeness (QED) is 0.911. The van der Waals surface area contributed by atoms with Crippen molar-refractivity contribution in [1.29, 1.82) is 0 Å². The zero-order valence-electron chi connectivity index (χ0n) is 13.3. The number of likely N-dealkylation sites (tertiary alicyclic amines) is 1. The van der Waals surface area contributed by atoms with Crippen LogP contribution in [0.4, 0.5) is 4.79 Å². The minimum Gasteiger partial charge on any atom is -0.444 e. The Morgan fingerprint density at radius 2 is 2.00 bits per heavy atom. The third-order valence-corrected chi connectivity index (χ3v) is 4.01. The minimum absolute atomic E-state index is 0.156. The van der Waals surface area contributed by atoms with E-state index in [1.165, 1.54) is 5.56 Å². The van der Waals surface area contributed by atoms with Crippen molar-refractivity contribution in [3.05, 3.63) is 35.9 Å². The van der Waals surface area contributed by atoms with Gasteiger partial charge in [0.25, 0.3) is 0 Å². The van der Waals surface area contributed by atoms with Gasteiger partial charge in [-0.25, -0.2) is 4.79 Å². The second-order valence-corrected chi connectivity index (χ2v) is 6.86. The van der Waals surface area contributed by atoms with E-state index in [1.54, 1.807) is 4.90 Å². The van der Waals surface area contributed by atoms with Gasteiger partial charge in [-0.2, -0.15) is 0 Å². The predicted octanol–water partition coefficient (Wildman–Crippen LogP) is 2.91. The van der Waals surface area contributed by atoms with E-state index in [0.717, 1.165) is 19.4 Å². The Bertz CT molecular complexity index is 481. The molecule has 1 aliphatic heterocycles. The van der Waals surface area contributed by atoms with Crippen molar-refractivity contribution < 1.29 is 9.53 Å². The lowest BCUT2D eigenvalue weighted by molar-refractivity contribution is 0.0140. The van der Waals surface area contributed by atoms with Gasteiger partial charge in [0.05, 0.1) is 0 Å². The molecule has 0 radical (unpaired) electrons. The average Bonchev–Trinajstić information content (AvgIpc) is 2.46. The number of ether oxygens (including phenoxy) is 1. The highest BCUT2D eigenvalue weighted by Gasteiger charge is 2.38. The van der Waals surface area contributed by atoms with Crippen molar-refractivity contribution >= 4 is 6.09 Å². The molecule has 1 aliphatic rings. The number of hydrogen-bond acceptors (Lipinski definition) is 3. The highest BCUT2D eigenvalue weighted by atomic mass is 16.6. The number of benzene rings is 1. The number of hydrogen-bond donors (Lipinski definition) is 1. The molecular formula is C17H26N2O2. The van der Waals surface area contributed by atoms with Crippen LogP contribution in [-0.2, 0) is 10.2 Å². The number of carbonyl (C=O) groups excluding carboxylic acids is 1. The summed E-state index contributed by atoms with van der Waals surface area (Å²) in [7, 11) is 0. The molecule has 2 N–H and O–H groups in total. The van der Waals surface area contributed by atoms with Crippen LogP contribution in [-0.4, -0.2) is 36.2 Å². The molecule has 1 fully saturated rings. The van der Waals surface area contributed by atoms with Gasteiger partial charge >= 0.3 is 6.09 Å². The average molecular weight is 290 g/mol. The molecule has 1 saturated heterocycles. The Kier molecular flexibility index (Phi) is 4.57. The second kappa shape index (κ2) is 6.06. The van der Waals surface area contributed by atoms with Gasteiger partial charge in [0.15, 0.2) is 0 Å². The normalized spacial score (nSPS) is 23.0. The molecule has 1 atom stereocenters. The summed E-state index contributed by atoms with van der Waals surface area (Å²) < 4.78 is 5.50. The summed E-state index contributed by atoms with van der Waals surface area (Å²) in [6.07, 6.45) is 1.72. The maximum Gasteiger partial charge on any atom is 0.410 e. The van der Waals surface area contributed by atoms with Gasteiger partial charge in [0, 0.05) is 25.0 Å². The Morgan fingerprint density at radius 3 is 2.57 bits per heavy atom. The predicted molar refractivity (Wildman–Crippen MR) is 84.2 cm³/mol. The number of piperidine rings is 1. The Labute approximate surface area is 127 Å². The van der Waals surface area contributed by atoms with E-state index in [1.807, 2.05) is 39.0 Å². The summed E-state index contributed by atoms with van der Waals surface area (Å²) in [5, 5.41) is 0. The fourth-order valence-corrected chi connectivity index (χ4v) is 2.93. The molecule has 0 aromatic heterocycles. The summed E-state index contributed by atoms with van der Waals surface area (Å²) in [6.45, 7) is 7.58. The zero-order valence-corrected chi connectivity index (χ0v) is 13.3. The van der Waals surface area contributed by atoms with Gasteiger partial charge < -0.3 is 15.4 Å². The van der Waals surface area contributed by atoms with Gasteiger partial charge in [0.1, 0.15) is 5.60 Å². The number of rotatable bonds is 2. The van der Waals surface area contributed by atoms with Crippen molar-refractivity contribution in [2.75, 3.05) is 19.6 Å². The van der Waals surface area contributed by atoms with Gasteiger partial charge in [-0.1, -0.05) is 30.3 Å². The van der Waals surface area contributed by atoms with E-state index in [9.17, 15) is 4.79 Å². The van der Waals surface area contributed by atoms with E-state index in [0.29, 0.717) is 13.1 Å². The Balaban J connectivity index is 2.17. The molecule has 1 aromatic carbocycles. The number of carbonyl (C=O) groups is 1. The van der Waals surface area contributed by atoms with E-state index in [4.69, 9.17) is 10.5 Å². The standard InChI is InChI=1S/C17H26N2O2/c1-16(2,3)21-15(20)19-11-7-10-17(12-18,13-19)14-8-5-4-6-9-14/h4-6,8-9H,7,10-13,18H2,1-3H3. The van der Waals surface area contributed by atoms with Gasteiger partial charge in [-0.05, 0) is 39.2 Å². The second-order valence-electron chi connectivity index (χ2n) is 6.86. The van der Waals surface area contributed by atoms with Gasteiger partial charge in [-0.15, -0.1) is 0 Å². The molecule has 1 amide bonds. The van der Waals surface area contributed by atoms with Crippen molar-refractivity contribution in [3.63, 3.8) is 0 Å². The molecule has 0 spiro atoms. The molecule has 1 aromatic rings. The fraction of sp³-hybridized carbons (Fsp3) is 0.588. The molecule has 1 heterocycles. The van der Waals surface area contributed by atoms with Crippen LogP contribution in [0, 0.1) is 0 Å². The van der Waals surface area contributed by atoms with Crippen LogP contribution in [0.1, 0.15) is 39.2 Å². The van der Waals surface area contributed by atoms with Crippen molar-refractivity contribution in [2.24, 2.45) is 5.73 Å². The first-order chi connectivity index (χ1) is 9.86. The molecule has 2 rings (SSSR count). The van der Waals surface area contributed by atoms with Crippen LogP contribution in [0.15, 0.2) is 30.3 Å². The van der Waals surface area contributed by atoms with Crippen LogP contribution in [0.2, 0.25) is 0 Å². The molecule has 4 nitrogen and oxygen atoms in total. The van der Waals surface area contributed by atoms with Gasteiger partial charge in [-0.3, -0.25) is 0 Å². The summed E-state index contributed by atoms with van der Waals surface area (Å²) in [4.78, 5) is 14.1. The molecule has 4 heteroatoms. The van der Waals surface area contributed by atoms with E-state index >= 15 is 0 Å². The molecule has 21 heavy (non-hydrogen) atoms. The monoisotopic (exact) mass is 290 g/mol. The summed E-state index contributed by atoms with van der Waals surface area (Å²) in [6, 6.07) is 10.3. The fourth-order valence-electron chi connectivity index (χ4n) is 2.93. The maximum atomic E-state index is 12.3. The molecule has 116 valence electrons. The number of nitrogens with zero attached hydrogens (tertiary/aromatic N) is 1. The van der Waals surface area contributed by atoms with E-state index < -0.39 is 5.60 Å². The third-order valence-electron chi connectivity index (χ3n) is 4.01. The maximum absolute atomic E-state index is 12.3. The first-order valence-corrected chi connectivity index (χ1v) is 7.60. The smallest absolute Gasteiger partial charge is 0.410 e. The zero-order chi connectivity index (χ0) is 15.5. The molecule has 0 bridgehead atoms. The van der Waals surface area contributed by atoms with Crippen LogP contribution in [0.3, 0.4) is 0 Å². The highest BCUT2D eigenvalue weighted by molar-refractivity contribution is 5.68. The SMILES string of the molecule is CC(C)(C)OC(=O)N1CCCC(CN)(c2ccccc2)C1. The van der Waals surface area contributed by atoms with Crippen molar-refractivity contribution in [3.8, 4) is 0 Å². The van der Waals surface area contributed by atoms with E-state index in [-0.39, 0.29) is 11.5 Å². The Hall–Kier alpha value is -1.55. The first-order valence-electron chi connectivity index (χ1n) is 7.60. The largest absolute Gasteiger partial charge is 0.444 e. The highest BCUT2D eigenvalue weighted by Crippen LogP contribution is 2.33. The van der Waals surface area contributed by atoms with E-state index in [2.05, 4.69) is 12.1 Å². The molecule has 1 unspecified atom stereocenters. The van der Waals surface area contributed by atoms with Crippen molar-refractivity contribution in [2.45, 2.75) is 44.6 Å². The molecular weight excluding hydrogens is 264 g/mol. The number of nitrogens with two attached hydrogens (primary N) is 1. The van der Waals surface area contributed by atoms with Crippen LogP contribution in [0.5, 0.6) is 0 Å². The van der Waals surface area contributed by atoms with Crippen LogP contribution >= 0.6 is 0 Å².